The number of rotatable bonds is 5. The molecule has 4 heteroatoms. The van der Waals surface area contributed by atoms with Crippen LogP contribution in [0, 0.1) is 6.92 Å². The second-order valence-electron chi connectivity index (χ2n) is 5.58. The molecule has 0 atom stereocenters. The summed E-state index contributed by atoms with van der Waals surface area (Å²) in [6.07, 6.45) is 1.88. The molecule has 0 saturated heterocycles. The first kappa shape index (κ1) is 15.8. The van der Waals surface area contributed by atoms with Gasteiger partial charge in [0.1, 0.15) is 0 Å². The lowest BCUT2D eigenvalue weighted by atomic mass is 10.2. The number of hydrogen-bond acceptors (Lipinski definition) is 3. The predicted molar refractivity (Wildman–Crippen MR) is 90.5 cm³/mol. The highest BCUT2D eigenvalue weighted by Gasteiger charge is 2.10. The molecule has 0 radical (unpaired) electrons. The van der Waals surface area contributed by atoms with Crippen molar-refractivity contribution in [1.82, 2.24) is 10.3 Å². The fourth-order valence-electron chi connectivity index (χ4n) is 2.03. The van der Waals surface area contributed by atoms with Crippen molar-refractivity contribution >= 4 is 23.1 Å². The molecule has 2 aromatic rings. The summed E-state index contributed by atoms with van der Waals surface area (Å²) in [5, 5.41) is 4.03. The van der Waals surface area contributed by atoms with Crippen LogP contribution in [0.4, 0.5) is 11.5 Å². The second kappa shape index (κ2) is 6.92. The minimum Gasteiger partial charge on any atom is -0.328 e. The van der Waals surface area contributed by atoms with Crippen LogP contribution in [0.25, 0.3) is 0 Å². The summed E-state index contributed by atoms with van der Waals surface area (Å²) in [5.74, 6) is 0.772. The van der Waals surface area contributed by atoms with E-state index in [1.165, 1.54) is 5.56 Å². The van der Waals surface area contributed by atoms with Crippen LogP contribution in [0.2, 0.25) is 5.02 Å². The van der Waals surface area contributed by atoms with Gasteiger partial charge in [-0.2, -0.15) is 0 Å². The van der Waals surface area contributed by atoms with Crippen molar-refractivity contribution in [2.75, 3.05) is 11.9 Å². The lowest BCUT2D eigenvalue weighted by molar-refractivity contribution is 0.588. The number of anilines is 2. The first-order chi connectivity index (χ1) is 9.97. The van der Waals surface area contributed by atoms with Crippen LogP contribution in [0.5, 0.6) is 0 Å². The largest absolute Gasteiger partial charge is 0.328 e. The van der Waals surface area contributed by atoms with Gasteiger partial charge in [-0.15, -0.1) is 0 Å². The van der Waals surface area contributed by atoms with Gasteiger partial charge in [0, 0.05) is 31.5 Å². The van der Waals surface area contributed by atoms with Gasteiger partial charge in [0.2, 0.25) is 0 Å². The Labute approximate surface area is 132 Å². The molecule has 0 aliphatic carbocycles. The van der Waals surface area contributed by atoms with Crippen LogP contribution < -0.4 is 10.2 Å². The molecule has 21 heavy (non-hydrogen) atoms. The number of benzene rings is 1. The molecule has 0 aliphatic heterocycles. The molecule has 0 unspecified atom stereocenters. The van der Waals surface area contributed by atoms with E-state index in [9.17, 15) is 0 Å². The van der Waals surface area contributed by atoms with Crippen LogP contribution >= 0.6 is 11.6 Å². The van der Waals surface area contributed by atoms with E-state index in [1.807, 2.05) is 24.2 Å². The van der Waals surface area contributed by atoms with Crippen molar-refractivity contribution in [2.24, 2.45) is 0 Å². The highest BCUT2D eigenvalue weighted by atomic mass is 35.5. The van der Waals surface area contributed by atoms with Crippen molar-refractivity contribution in [1.29, 1.82) is 0 Å². The van der Waals surface area contributed by atoms with Crippen molar-refractivity contribution in [2.45, 2.75) is 33.4 Å². The Balaban J connectivity index is 2.18. The fraction of sp³-hybridized carbons (Fsp3) is 0.353. The minimum absolute atomic E-state index is 0.443. The zero-order valence-corrected chi connectivity index (χ0v) is 13.8. The number of pyridine rings is 1. The van der Waals surface area contributed by atoms with Gasteiger partial charge in [0.05, 0.1) is 5.02 Å². The highest BCUT2D eigenvalue weighted by molar-refractivity contribution is 6.33. The Morgan fingerprint density at radius 2 is 1.90 bits per heavy atom. The number of aromatic nitrogens is 1. The van der Waals surface area contributed by atoms with E-state index in [2.05, 4.69) is 55.3 Å². The van der Waals surface area contributed by atoms with E-state index in [0.29, 0.717) is 11.1 Å². The summed E-state index contributed by atoms with van der Waals surface area (Å²) in [6.45, 7) is 7.09. The predicted octanol–water partition coefficient (Wildman–Crippen LogP) is 4.31. The quantitative estimate of drug-likeness (QED) is 0.892. The summed E-state index contributed by atoms with van der Waals surface area (Å²) in [6, 6.07) is 10.7. The Bertz CT molecular complexity index is 593. The first-order valence-electron chi connectivity index (χ1n) is 7.15. The Kier molecular flexibility index (Phi) is 5.21. The molecule has 0 amide bonds. The van der Waals surface area contributed by atoms with E-state index in [1.54, 1.807) is 0 Å². The summed E-state index contributed by atoms with van der Waals surface area (Å²) in [5.41, 5.74) is 3.40. The number of halogens is 1. The SMILES string of the molecule is Cc1ccc(N(C)c2ncc(CNC(C)C)cc2Cl)cc1. The van der Waals surface area contributed by atoms with Crippen LogP contribution in [0.3, 0.4) is 0 Å². The van der Waals surface area contributed by atoms with Crippen LogP contribution in [0.1, 0.15) is 25.0 Å². The second-order valence-corrected chi connectivity index (χ2v) is 5.99. The maximum atomic E-state index is 6.39. The van der Waals surface area contributed by atoms with Gasteiger partial charge in [-0.1, -0.05) is 43.1 Å². The van der Waals surface area contributed by atoms with Crippen molar-refractivity contribution in [3.8, 4) is 0 Å². The third kappa shape index (κ3) is 4.19. The molecule has 1 aromatic carbocycles. The summed E-state index contributed by atoms with van der Waals surface area (Å²) >= 11 is 6.39. The smallest absolute Gasteiger partial charge is 0.151 e. The average molecular weight is 304 g/mol. The minimum atomic E-state index is 0.443. The van der Waals surface area contributed by atoms with E-state index in [4.69, 9.17) is 11.6 Å². The monoisotopic (exact) mass is 303 g/mol. The van der Waals surface area contributed by atoms with Crippen LogP contribution in [-0.2, 0) is 6.54 Å². The zero-order valence-electron chi connectivity index (χ0n) is 13.0. The zero-order chi connectivity index (χ0) is 15.4. The Morgan fingerprint density at radius 1 is 1.24 bits per heavy atom. The molecule has 112 valence electrons. The van der Waals surface area contributed by atoms with Gasteiger partial charge in [0.15, 0.2) is 5.82 Å². The number of nitrogens with one attached hydrogen (secondary N) is 1. The standard InChI is InChI=1S/C17H22ClN3/c1-12(2)19-10-14-9-16(18)17(20-11-14)21(4)15-7-5-13(3)6-8-15/h5-9,11-12,19H,10H2,1-4H3. The molecule has 1 heterocycles. The lowest BCUT2D eigenvalue weighted by Crippen LogP contribution is -2.22. The van der Waals surface area contributed by atoms with Crippen molar-refractivity contribution in [3.63, 3.8) is 0 Å². The summed E-state index contributed by atoms with van der Waals surface area (Å²) < 4.78 is 0. The van der Waals surface area contributed by atoms with Gasteiger partial charge >= 0.3 is 0 Å². The van der Waals surface area contributed by atoms with Crippen LogP contribution in [-0.4, -0.2) is 18.1 Å². The molecule has 0 saturated carbocycles. The van der Waals surface area contributed by atoms with E-state index < -0.39 is 0 Å². The van der Waals surface area contributed by atoms with E-state index in [-0.39, 0.29) is 0 Å². The molecule has 1 N–H and O–H groups in total. The maximum Gasteiger partial charge on any atom is 0.151 e. The van der Waals surface area contributed by atoms with Crippen molar-refractivity contribution < 1.29 is 0 Å². The molecule has 0 bridgehead atoms. The third-order valence-corrected chi connectivity index (χ3v) is 3.61. The fourth-order valence-corrected chi connectivity index (χ4v) is 2.34. The van der Waals surface area contributed by atoms with Gasteiger partial charge in [-0.3, -0.25) is 0 Å². The van der Waals surface area contributed by atoms with E-state index in [0.717, 1.165) is 23.6 Å². The molecule has 3 nitrogen and oxygen atoms in total. The molecule has 1 aromatic heterocycles. The van der Waals surface area contributed by atoms with Gasteiger partial charge in [-0.25, -0.2) is 4.98 Å². The number of aryl methyl sites for hydroxylation is 1. The normalized spacial score (nSPS) is 11.0. The molecule has 0 fully saturated rings. The topological polar surface area (TPSA) is 28.2 Å². The highest BCUT2D eigenvalue weighted by Crippen LogP contribution is 2.29. The lowest BCUT2D eigenvalue weighted by Gasteiger charge is -2.20. The average Bonchev–Trinajstić information content (AvgIpc) is 2.45. The Hall–Kier alpha value is -1.58. The number of hydrogen-bond donors (Lipinski definition) is 1. The molecular formula is C17H22ClN3. The molecule has 0 aliphatic rings. The number of nitrogens with zero attached hydrogens (tertiary/aromatic N) is 2. The van der Waals surface area contributed by atoms with Gasteiger partial charge in [0.25, 0.3) is 0 Å². The Morgan fingerprint density at radius 3 is 2.48 bits per heavy atom. The molecule has 0 spiro atoms. The summed E-state index contributed by atoms with van der Waals surface area (Å²) in [7, 11) is 1.98. The van der Waals surface area contributed by atoms with Crippen LogP contribution in [0.15, 0.2) is 36.5 Å². The maximum absolute atomic E-state index is 6.39. The summed E-state index contributed by atoms with van der Waals surface area (Å²) in [4.78, 5) is 6.51. The van der Waals surface area contributed by atoms with Crippen molar-refractivity contribution in [3.05, 3.63) is 52.7 Å². The van der Waals surface area contributed by atoms with Gasteiger partial charge < -0.3 is 10.2 Å². The van der Waals surface area contributed by atoms with E-state index >= 15 is 0 Å². The third-order valence-electron chi connectivity index (χ3n) is 3.33. The first-order valence-corrected chi connectivity index (χ1v) is 7.53. The molecular weight excluding hydrogens is 282 g/mol. The van der Waals surface area contributed by atoms with Gasteiger partial charge in [-0.05, 0) is 30.7 Å². The molecule has 2 rings (SSSR count).